The molecule has 0 spiro atoms. The maximum atomic E-state index is 3.66. The smallest absolute Gasteiger partial charge is 0.0218 e. The summed E-state index contributed by atoms with van der Waals surface area (Å²) in [5.74, 6) is 0.839. The van der Waals surface area contributed by atoms with Crippen LogP contribution in [0.1, 0.15) is 59.8 Å². The van der Waals surface area contributed by atoms with Crippen LogP contribution in [-0.4, -0.2) is 25.7 Å². The van der Waals surface area contributed by atoms with Crippen molar-refractivity contribution >= 4 is 0 Å². The van der Waals surface area contributed by atoms with Crippen LogP contribution in [0.25, 0.3) is 0 Å². The molecule has 1 saturated heterocycles. The van der Waals surface area contributed by atoms with E-state index in [9.17, 15) is 0 Å². The summed E-state index contributed by atoms with van der Waals surface area (Å²) in [6.45, 7) is 12.9. The van der Waals surface area contributed by atoms with Crippen molar-refractivity contribution < 1.29 is 0 Å². The van der Waals surface area contributed by atoms with E-state index in [4.69, 9.17) is 0 Å². The molecule has 1 fully saturated rings. The van der Waals surface area contributed by atoms with Gasteiger partial charge in [-0.05, 0) is 30.7 Å². The van der Waals surface area contributed by atoms with Crippen molar-refractivity contribution in [2.24, 2.45) is 11.3 Å². The van der Waals surface area contributed by atoms with Crippen molar-refractivity contribution in [1.82, 2.24) is 10.6 Å². The normalized spacial score (nSPS) is 25.4. The van der Waals surface area contributed by atoms with Crippen LogP contribution < -0.4 is 10.6 Å². The zero-order chi connectivity index (χ0) is 12.7. The monoisotopic (exact) mass is 240 g/mol. The Labute approximate surface area is 108 Å². The van der Waals surface area contributed by atoms with Crippen molar-refractivity contribution in [3.8, 4) is 0 Å². The second-order valence-corrected chi connectivity index (χ2v) is 6.58. The molecule has 0 aromatic heterocycles. The Morgan fingerprint density at radius 2 is 2.06 bits per heavy atom. The molecule has 2 unspecified atom stereocenters. The van der Waals surface area contributed by atoms with Crippen LogP contribution in [0.5, 0.6) is 0 Å². The first-order valence-electron chi connectivity index (χ1n) is 7.49. The lowest BCUT2D eigenvalue weighted by atomic mass is 9.86. The van der Waals surface area contributed by atoms with Gasteiger partial charge in [-0.3, -0.25) is 0 Å². The lowest BCUT2D eigenvalue weighted by Gasteiger charge is -2.26. The van der Waals surface area contributed by atoms with E-state index >= 15 is 0 Å². The molecule has 0 aromatic carbocycles. The minimum atomic E-state index is 0.455. The zero-order valence-electron chi connectivity index (χ0n) is 12.3. The molecule has 102 valence electrons. The highest BCUT2D eigenvalue weighted by atomic mass is 15.0. The van der Waals surface area contributed by atoms with E-state index < -0.39 is 0 Å². The second-order valence-electron chi connectivity index (χ2n) is 6.58. The molecule has 0 aliphatic carbocycles. The molecule has 2 nitrogen and oxygen atoms in total. The molecular weight excluding hydrogens is 208 g/mol. The number of rotatable bonds is 8. The number of unbranched alkanes of at least 4 members (excludes halogenated alkanes) is 2. The average Bonchev–Trinajstić information content (AvgIpc) is 2.64. The Hall–Kier alpha value is -0.0800. The summed E-state index contributed by atoms with van der Waals surface area (Å²) < 4.78 is 0. The molecule has 1 rings (SSSR count). The molecule has 1 aliphatic heterocycles. The van der Waals surface area contributed by atoms with Crippen molar-refractivity contribution in [3.05, 3.63) is 0 Å². The first-order chi connectivity index (χ1) is 8.05. The lowest BCUT2D eigenvalue weighted by Crippen LogP contribution is -2.40. The van der Waals surface area contributed by atoms with Crippen molar-refractivity contribution in [3.63, 3.8) is 0 Å². The van der Waals surface area contributed by atoms with E-state index in [0.717, 1.165) is 19.0 Å². The number of hydrogen-bond acceptors (Lipinski definition) is 2. The highest BCUT2D eigenvalue weighted by Gasteiger charge is 2.23. The van der Waals surface area contributed by atoms with Crippen LogP contribution >= 0.6 is 0 Å². The standard InChI is InChI=1S/C15H32N2/c1-5-6-7-9-15(3,4)12-16-11-14-13(2)8-10-17-14/h13-14,16-17H,5-12H2,1-4H3. The van der Waals surface area contributed by atoms with Gasteiger partial charge in [-0.25, -0.2) is 0 Å². The van der Waals surface area contributed by atoms with Gasteiger partial charge in [-0.2, -0.15) is 0 Å². The topological polar surface area (TPSA) is 24.1 Å². The molecule has 0 amide bonds. The van der Waals surface area contributed by atoms with Crippen molar-refractivity contribution in [2.45, 2.75) is 65.8 Å². The second kappa shape index (κ2) is 7.38. The van der Waals surface area contributed by atoms with Gasteiger partial charge in [0, 0.05) is 19.1 Å². The molecule has 0 aromatic rings. The number of hydrogen-bond donors (Lipinski definition) is 2. The van der Waals surface area contributed by atoms with E-state index in [1.54, 1.807) is 0 Å². The molecule has 0 radical (unpaired) electrons. The van der Waals surface area contributed by atoms with Crippen LogP contribution in [0.4, 0.5) is 0 Å². The van der Waals surface area contributed by atoms with Gasteiger partial charge in [0.2, 0.25) is 0 Å². The molecule has 2 atom stereocenters. The van der Waals surface area contributed by atoms with E-state index in [2.05, 4.69) is 38.3 Å². The Morgan fingerprint density at radius 3 is 2.65 bits per heavy atom. The van der Waals surface area contributed by atoms with Gasteiger partial charge in [0.15, 0.2) is 0 Å². The first kappa shape index (κ1) is 15.0. The Kier molecular flexibility index (Phi) is 6.50. The molecule has 1 aliphatic rings. The minimum Gasteiger partial charge on any atom is -0.315 e. The van der Waals surface area contributed by atoms with Crippen molar-refractivity contribution in [1.29, 1.82) is 0 Å². The quantitative estimate of drug-likeness (QED) is 0.637. The predicted molar refractivity (Wildman–Crippen MR) is 76.4 cm³/mol. The largest absolute Gasteiger partial charge is 0.315 e. The van der Waals surface area contributed by atoms with Crippen LogP contribution in [0.2, 0.25) is 0 Å². The first-order valence-corrected chi connectivity index (χ1v) is 7.49. The molecule has 0 saturated carbocycles. The Bertz CT molecular complexity index is 201. The van der Waals surface area contributed by atoms with Crippen LogP contribution in [0.15, 0.2) is 0 Å². The summed E-state index contributed by atoms with van der Waals surface area (Å²) in [7, 11) is 0. The van der Waals surface area contributed by atoms with Gasteiger partial charge in [-0.15, -0.1) is 0 Å². The van der Waals surface area contributed by atoms with E-state index in [1.807, 2.05) is 0 Å². The third-order valence-corrected chi connectivity index (χ3v) is 4.12. The van der Waals surface area contributed by atoms with Gasteiger partial charge in [-0.1, -0.05) is 47.0 Å². The third-order valence-electron chi connectivity index (χ3n) is 4.12. The van der Waals surface area contributed by atoms with Gasteiger partial charge in [0.1, 0.15) is 0 Å². The fraction of sp³-hybridized carbons (Fsp3) is 1.00. The van der Waals surface area contributed by atoms with Gasteiger partial charge in [0.05, 0.1) is 0 Å². The molecule has 2 N–H and O–H groups in total. The summed E-state index contributed by atoms with van der Waals surface area (Å²) in [6.07, 6.45) is 6.77. The van der Waals surface area contributed by atoms with Gasteiger partial charge >= 0.3 is 0 Å². The van der Waals surface area contributed by atoms with E-state index in [1.165, 1.54) is 38.6 Å². The summed E-state index contributed by atoms with van der Waals surface area (Å²) >= 11 is 0. The highest BCUT2D eigenvalue weighted by molar-refractivity contribution is 4.83. The fourth-order valence-corrected chi connectivity index (χ4v) is 2.68. The SMILES string of the molecule is CCCCCC(C)(C)CNCC1NCCC1C. The summed E-state index contributed by atoms with van der Waals surface area (Å²) in [6, 6.07) is 0.696. The highest BCUT2D eigenvalue weighted by Crippen LogP contribution is 2.23. The van der Waals surface area contributed by atoms with E-state index in [0.29, 0.717) is 11.5 Å². The average molecular weight is 240 g/mol. The van der Waals surface area contributed by atoms with Crippen LogP contribution in [0, 0.1) is 11.3 Å². The maximum absolute atomic E-state index is 3.66. The van der Waals surface area contributed by atoms with Gasteiger partial charge in [0.25, 0.3) is 0 Å². The van der Waals surface area contributed by atoms with Gasteiger partial charge < -0.3 is 10.6 Å². The van der Waals surface area contributed by atoms with E-state index in [-0.39, 0.29) is 0 Å². The number of nitrogens with one attached hydrogen (secondary N) is 2. The van der Waals surface area contributed by atoms with Crippen molar-refractivity contribution in [2.75, 3.05) is 19.6 Å². The Balaban J connectivity index is 2.11. The Morgan fingerprint density at radius 1 is 1.29 bits per heavy atom. The summed E-state index contributed by atoms with van der Waals surface area (Å²) in [4.78, 5) is 0. The minimum absolute atomic E-state index is 0.455. The molecule has 2 heteroatoms. The lowest BCUT2D eigenvalue weighted by molar-refractivity contribution is 0.293. The fourth-order valence-electron chi connectivity index (χ4n) is 2.68. The maximum Gasteiger partial charge on any atom is 0.0218 e. The zero-order valence-corrected chi connectivity index (χ0v) is 12.3. The molecular formula is C15H32N2. The summed E-state index contributed by atoms with van der Waals surface area (Å²) in [5, 5.41) is 7.24. The van der Waals surface area contributed by atoms with Crippen LogP contribution in [-0.2, 0) is 0 Å². The third kappa shape index (κ3) is 5.87. The summed E-state index contributed by atoms with van der Waals surface area (Å²) in [5.41, 5.74) is 0.455. The molecule has 0 bridgehead atoms. The molecule has 17 heavy (non-hydrogen) atoms. The predicted octanol–water partition coefficient (Wildman–Crippen LogP) is 3.18. The van der Waals surface area contributed by atoms with Crippen LogP contribution in [0.3, 0.4) is 0 Å². The molecule has 1 heterocycles.